The van der Waals surface area contributed by atoms with Crippen molar-refractivity contribution >= 4 is 6.09 Å². The highest BCUT2D eigenvalue weighted by atomic mass is 16.5. The summed E-state index contributed by atoms with van der Waals surface area (Å²) in [5, 5.41) is 2.51. The number of carbonyl (C=O) groups is 1. The fourth-order valence-electron chi connectivity index (χ4n) is 4.00. The van der Waals surface area contributed by atoms with Crippen LogP contribution in [-0.2, 0) is 17.8 Å². The van der Waals surface area contributed by atoms with E-state index in [1.54, 1.807) is 21.3 Å². The molecular formula is C23H24N2O4. The quantitative estimate of drug-likeness (QED) is 0.552. The molecule has 2 heterocycles. The molecule has 0 spiro atoms. The summed E-state index contributed by atoms with van der Waals surface area (Å²) in [6, 6.07) is 14.3. The molecule has 1 aliphatic rings. The lowest BCUT2D eigenvalue weighted by atomic mass is 10.0. The molecule has 2 aromatic carbocycles. The Morgan fingerprint density at radius 3 is 2.59 bits per heavy atom. The first-order valence-electron chi connectivity index (χ1n) is 9.47. The van der Waals surface area contributed by atoms with Crippen molar-refractivity contribution in [2.75, 3.05) is 21.3 Å². The smallest absolute Gasteiger partial charge is 0.407 e. The van der Waals surface area contributed by atoms with E-state index in [2.05, 4.69) is 35.0 Å². The zero-order valence-electron chi connectivity index (χ0n) is 17.0. The van der Waals surface area contributed by atoms with Crippen molar-refractivity contribution in [2.24, 2.45) is 0 Å². The summed E-state index contributed by atoms with van der Waals surface area (Å²) < 4.78 is 18.6. The van der Waals surface area contributed by atoms with Crippen LogP contribution in [0.5, 0.6) is 11.5 Å². The van der Waals surface area contributed by atoms with E-state index >= 15 is 0 Å². The van der Waals surface area contributed by atoms with Crippen LogP contribution in [-0.4, -0.2) is 31.9 Å². The van der Waals surface area contributed by atoms with Crippen molar-refractivity contribution in [1.82, 2.24) is 9.88 Å². The minimum atomic E-state index is -0.450. The summed E-state index contributed by atoms with van der Waals surface area (Å²) in [5.41, 5.74) is 7.76. The molecule has 0 radical (unpaired) electrons. The second-order valence-electron chi connectivity index (χ2n) is 6.94. The molecule has 150 valence electrons. The Balaban J connectivity index is 1.92. The fraction of sp³-hybridized carbons (Fsp3) is 0.261. The topological polar surface area (TPSA) is 61.7 Å². The first kappa shape index (κ1) is 18.9. The number of nitrogens with one attached hydrogen (secondary N) is 1. The van der Waals surface area contributed by atoms with Crippen LogP contribution in [0.1, 0.15) is 22.4 Å². The van der Waals surface area contributed by atoms with Gasteiger partial charge in [-0.2, -0.15) is 0 Å². The van der Waals surface area contributed by atoms with E-state index in [1.807, 2.05) is 24.3 Å². The van der Waals surface area contributed by atoms with Crippen LogP contribution in [0.2, 0.25) is 0 Å². The highest BCUT2D eigenvalue weighted by molar-refractivity contribution is 5.75. The number of hydrogen-bond acceptors (Lipinski definition) is 4. The van der Waals surface area contributed by atoms with Crippen LogP contribution in [0.3, 0.4) is 0 Å². The van der Waals surface area contributed by atoms with Crippen LogP contribution in [0, 0.1) is 6.92 Å². The molecule has 3 aromatic rings. The monoisotopic (exact) mass is 392 g/mol. The van der Waals surface area contributed by atoms with E-state index in [9.17, 15) is 4.79 Å². The van der Waals surface area contributed by atoms with Gasteiger partial charge in [0, 0.05) is 36.0 Å². The number of alkyl carbamates (subject to hydrolysis) is 1. The molecule has 29 heavy (non-hydrogen) atoms. The van der Waals surface area contributed by atoms with Gasteiger partial charge in [0.1, 0.15) is 6.61 Å². The number of amides is 1. The Morgan fingerprint density at radius 2 is 1.86 bits per heavy atom. The molecule has 4 rings (SSSR count). The molecule has 0 saturated heterocycles. The van der Waals surface area contributed by atoms with Crippen LogP contribution >= 0.6 is 0 Å². The number of nitrogens with zero attached hydrogens (tertiary/aromatic N) is 1. The lowest BCUT2D eigenvalue weighted by Gasteiger charge is -2.15. The second kappa shape index (κ2) is 7.54. The van der Waals surface area contributed by atoms with E-state index in [1.165, 1.54) is 11.3 Å². The Kier molecular flexibility index (Phi) is 4.92. The number of rotatable bonds is 5. The largest absolute Gasteiger partial charge is 0.493 e. The number of fused-ring (bicyclic) bond motifs is 3. The minimum Gasteiger partial charge on any atom is -0.493 e. The molecule has 0 fully saturated rings. The predicted octanol–water partition coefficient (Wildman–Crippen LogP) is 4.23. The van der Waals surface area contributed by atoms with Gasteiger partial charge in [0.15, 0.2) is 11.5 Å². The number of aromatic nitrogens is 1. The minimum absolute atomic E-state index is 0.192. The van der Waals surface area contributed by atoms with Crippen LogP contribution in [0.15, 0.2) is 42.5 Å². The van der Waals surface area contributed by atoms with E-state index in [4.69, 9.17) is 14.2 Å². The summed E-state index contributed by atoms with van der Waals surface area (Å²) >= 11 is 0. The van der Waals surface area contributed by atoms with Crippen LogP contribution in [0.4, 0.5) is 4.79 Å². The van der Waals surface area contributed by atoms with E-state index < -0.39 is 6.09 Å². The third kappa shape index (κ3) is 3.10. The molecule has 0 atom stereocenters. The molecule has 0 bridgehead atoms. The highest BCUT2D eigenvalue weighted by Gasteiger charge is 2.29. The summed E-state index contributed by atoms with van der Waals surface area (Å²) in [5.74, 6) is 1.33. The number of carbonyl (C=O) groups excluding carboxylic acids is 1. The molecule has 6 nitrogen and oxygen atoms in total. The van der Waals surface area contributed by atoms with Crippen molar-refractivity contribution < 1.29 is 19.0 Å². The van der Waals surface area contributed by atoms with Gasteiger partial charge in [-0.1, -0.05) is 18.2 Å². The number of para-hydroxylation sites is 1. The van der Waals surface area contributed by atoms with Crippen molar-refractivity contribution in [1.29, 1.82) is 0 Å². The second-order valence-corrected chi connectivity index (χ2v) is 6.94. The average molecular weight is 392 g/mol. The van der Waals surface area contributed by atoms with Gasteiger partial charge in [-0.05, 0) is 42.3 Å². The third-order valence-electron chi connectivity index (χ3n) is 5.46. The Morgan fingerprint density at radius 1 is 1.10 bits per heavy atom. The van der Waals surface area contributed by atoms with E-state index in [0.29, 0.717) is 11.5 Å². The third-order valence-corrected chi connectivity index (χ3v) is 5.46. The standard InChI is InChI=1S/C23H24N2O4/c1-14-17(13-29-23(26)24-2)22(16-9-10-20(27-3)21(12-16)28-4)25-18-8-6-5-7-15(18)11-19(14)25/h5-10,12H,11,13H2,1-4H3,(H,24,26). The summed E-state index contributed by atoms with van der Waals surface area (Å²) in [6.07, 6.45) is 0.400. The lowest BCUT2D eigenvalue weighted by Crippen LogP contribution is -2.19. The lowest BCUT2D eigenvalue weighted by molar-refractivity contribution is 0.142. The molecule has 1 aliphatic heterocycles. The molecule has 0 saturated carbocycles. The Hall–Kier alpha value is -3.41. The first-order valence-corrected chi connectivity index (χ1v) is 9.47. The van der Waals surface area contributed by atoms with Gasteiger partial charge in [0.2, 0.25) is 0 Å². The predicted molar refractivity (Wildman–Crippen MR) is 111 cm³/mol. The maximum atomic E-state index is 11.7. The Bertz CT molecular complexity index is 1080. The maximum Gasteiger partial charge on any atom is 0.407 e. The van der Waals surface area contributed by atoms with Gasteiger partial charge in [-0.25, -0.2) is 4.79 Å². The van der Waals surface area contributed by atoms with Crippen molar-refractivity contribution in [3.63, 3.8) is 0 Å². The van der Waals surface area contributed by atoms with E-state index in [-0.39, 0.29) is 6.61 Å². The van der Waals surface area contributed by atoms with E-state index in [0.717, 1.165) is 34.5 Å². The summed E-state index contributed by atoms with van der Waals surface area (Å²) in [4.78, 5) is 11.7. The van der Waals surface area contributed by atoms with Crippen molar-refractivity contribution in [3.8, 4) is 28.4 Å². The summed E-state index contributed by atoms with van der Waals surface area (Å²) in [7, 11) is 4.80. The number of hydrogen-bond donors (Lipinski definition) is 1. The maximum absolute atomic E-state index is 11.7. The molecule has 1 aromatic heterocycles. The molecular weight excluding hydrogens is 368 g/mol. The average Bonchev–Trinajstić information content (AvgIpc) is 3.26. The zero-order chi connectivity index (χ0) is 20.5. The highest BCUT2D eigenvalue weighted by Crippen LogP contribution is 2.42. The van der Waals surface area contributed by atoms with Gasteiger partial charge < -0.3 is 24.1 Å². The molecule has 1 N–H and O–H groups in total. The molecule has 0 unspecified atom stereocenters. The summed E-state index contributed by atoms with van der Waals surface area (Å²) in [6.45, 7) is 2.28. The van der Waals surface area contributed by atoms with Crippen molar-refractivity contribution in [2.45, 2.75) is 20.0 Å². The normalized spacial score (nSPS) is 11.6. The van der Waals surface area contributed by atoms with Gasteiger partial charge in [-0.15, -0.1) is 0 Å². The van der Waals surface area contributed by atoms with Crippen molar-refractivity contribution in [3.05, 3.63) is 64.8 Å². The number of methoxy groups -OCH3 is 2. The molecule has 0 aliphatic carbocycles. The zero-order valence-corrected chi connectivity index (χ0v) is 17.0. The van der Waals surface area contributed by atoms with Crippen LogP contribution in [0.25, 0.3) is 16.9 Å². The molecule has 1 amide bonds. The van der Waals surface area contributed by atoms with Gasteiger partial charge in [0.05, 0.1) is 19.9 Å². The fourth-order valence-corrected chi connectivity index (χ4v) is 4.00. The SMILES string of the molecule is CNC(=O)OCc1c(C)c2n(c1-c1ccc(OC)c(OC)c1)-c1ccccc1C2. The van der Waals surface area contributed by atoms with Gasteiger partial charge in [-0.3, -0.25) is 0 Å². The van der Waals surface area contributed by atoms with Gasteiger partial charge >= 0.3 is 6.09 Å². The number of benzene rings is 2. The number of ether oxygens (including phenoxy) is 3. The molecule has 6 heteroatoms. The first-order chi connectivity index (χ1) is 14.1. The van der Waals surface area contributed by atoms with Crippen LogP contribution < -0.4 is 14.8 Å². The van der Waals surface area contributed by atoms with Gasteiger partial charge in [0.25, 0.3) is 0 Å². The Labute approximate surface area is 170 Å².